The minimum absolute atomic E-state index is 0. The molecule has 3 nitrogen and oxygen atoms in total. The Hall–Kier alpha value is -1.36. The Balaban J connectivity index is 0.00000363. The summed E-state index contributed by atoms with van der Waals surface area (Å²) in [6.07, 6.45) is 14.1. The van der Waals surface area contributed by atoms with E-state index in [0.717, 1.165) is 51.7 Å². The van der Waals surface area contributed by atoms with E-state index < -0.39 is 0 Å². The standard InChI is InChI=1S/C28H41N2O.Co/c1-4-6-8-13-25-14-15-27(23(3)22-25)30(28(31)5-2)26-17-20-29(21-18-26)19-16-24-11-9-7-10-12-24;/h7,9-12,14-15,23,26H,1,4-6,8,13,16-22H2,2-3H3;/q-1;. The molecule has 1 radical (unpaired) electrons. The van der Waals surface area contributed by atoms with Gasteiger partial charge in [-0.3, -0.25) is 4.79 Å². The summed E-state index contributed by atoms with van der Waals surface area (Å²) < 4.78 is 0. The zero-order valence-corrected chi connectivity index (χ0v) is 21.1. The van der Waals surface area contributed by atoms with E-state index >= 15 is 0 Å². The van der Waals surface area contributed by atoms with Crippen molar-refractivity contribution in [3.63, 3.8) is 0 Å². The predicted molar refractivity (Wildman–Crippen MR) is 131 cm³/mol. The normalized spacial score (nSPS) is 19.7. The van der Waals surface area contributed by atoms with Crippen LogP contribution in [0.3, 0.4) is 0 Å². The van der Waals surface area contributed by atoms with Gasteiger partial charge in [-0.15, -0.1) is 0 Å². The minimum Gasteiger partial charge on any atom is -0.343 e. The molecule has 1 aliphatic heterocycles. The fourth-order valence-corrected chi connectivity index (χ4v) is 5.03. The molecule has 4 heteroatoms. The van der Waals surface area contributed by atoms with Gasteiger partial charge in [0.2, 0.25) is 5.91 Å². The van der Waals surface area contributed by atoms with Crippen molar-refractivity contribution < 1.29 is 21.6 Å². The fraction of sp³-hybridized carbons (Fsp3) is 0.571. The zero-order valence-electron chi connectivity index (χ0n) is 20.0. The minimum atomic E-state index is 0. The topological polar surface area (TPSA) is 23.6 Å². The molecule has 1 fully saturated rings. The molecule has 1 heterocycles. The second-order valence-electron chi connectivity index (χ2n) is 9.26. The largest absolute Gasteiger partial charge is 0.343 e. The first-order chi connectivity index (χ1) is 15.1. The van der Waals surface area contributed by atoms with Crippen LogP contribution in [0, 0.1) is 12.8 Å². The monoisotopic (exact) mass is 480 g/mol. The number of unbranched alkanes of at least 4 members (excludes halogenated alkanes) is 2. The number of carbonyl (C=O) groups is 1. The molecule has 1 aromatic rings. The first-order valence-electron chi connectivity index (χ1n) is 12.4. The molecule has 179 valence electrons. The number of likely N-dealkylation sites (tertiary alicyclic amines) is 1. The van der Waals surface area contributed by atoms with E-state index in [1.54, 1.807) is 0 Å². The molecular formula is C28H41CoN2O-. The molecule has 0 saturated carbocycles. The Morgan fingerprint density at radius 3 is 2.44 bits per heavy atom. The molecule has 1 saturated heterocycles. The van der Waals surface area contributed by atoms with E-state index in [1.807, 2.05) is 6.92 Å². The maximum atomic E-state index is 13.0. The first-order valence-corrected chi connectivity index (χ1v) is 12.4. The van der Waals surface area contributed by atoms with E-state index in [2.05, 4.69) is 66.1 Å². The predicted octanol–water partition coefficient (Wildman–Crippen LogP) is 6.17. The second kappa shape index (κ2) is 14.0. The van der Waals surface area contributed by atoms with Gasteiger partial charge < -0.3 is 16.7 Å². The van der Waals surface area contributed by atoms with Crippen molar-refractivity contribution in [1.29, 1.82) is 0 Å². The molecule has 0 N–H and O–H groups in total. The fourth-order valence-electron chi connectivity index (χ4n) is 5.03. The van der Waals surface area contributed by atoms with E-state index in [9.17, 15) is 4.79 Å². The quantitative estimate of drug-likeness (QED) is 0.295. The van der Waals surface area contributed by atoms with E-state index in [4.69, 9.17) is 0 Å². The van der Waals surface area contributed by atoms with Gasteiger partial charge in [-0.05, 0) is 43.7 Å². The van der Waals surface area contributed by atoms with E-state index in [0.29, 0.717) is 18.4 Å². The van der Waals surface area contributed by atoms with E-state index in [1.165, 1.54) is 36.1 Å². The molecule has 1 aromatic carbocycles. The number of carbonyl (C=O) groups excluding carboxylic acids is 1. The molecule has 2 aliphatic rings. The van der Waals surface area contributed by atoms with Crippen molar-refractivity contribution in [1.82, 2.24) is 9.80 Å². The molecule has 1 aliphatic carbocycles. The number of hydrogen-bond acceptors (Lipinski definition) is 2. The van der Waals surface area contributed by atoms with Crippen LogP contribution in [0.2, 0.25) is 0 Å². The smallest absolute Gasteiger partial charge is 0.226 e. The van der Waals surface area contributed by atoms with Crippen molar-refractivity contribution >= 4 is 5.91 Å². The number of hydrogen-bond donors (Lipinski definition) is 0. The van der Waals surface area contributed by atoms with Crippen LogP contribution in [0.5, 0.6) is 0 Å². The first kappa shape index (κ1) is 26.9. The second-order valence-corrected chi connectivity index (χ2v) is 9.26. The van der Waals surface area contributed by atoms with Crippen molar-refractivity contribution in [3.8, 4) is 0 Å². The van der Waals surface area contributed by atoms with Crippen LogP contribution in [0.1, 0.15) is 70.8 Å². The summed E-state index contributed by atoms with van der Waals surface area (Å²) in [6, 6.07) is 11.1. The van der Waals surface area contributed by atoms with Gasteiger partial charge in [-0.2, -0.15) is 6.42 Å². The summed E-state index contributed by atoms with van der Waals surface area (Å²) in [4.78, 5) is 17.7. The number of piperidine rings is 1. The Kier molecular flexibility index (Phi) is 11.8. The summed E-state index contributed by atoms with van der Waals surface area (Å²) >= 11 is 0. The Bertz CT molecular complexity index is 750. The maximum absolute atomic E-state index is 13.0. The van der Waals surface area contributed by atoms with Gasteiger partial charge in [0.1, 0.15) is 0 Å². The van der Waals surface area contributed by atoms with Gasteiger partial charge >= 0.3 is 0 Å². The molecule has 3 rings (SSSR count). The SMILES string of the molecule is [CH2-]CCCCC1=CC=C(N(C(=O)CC)C2CCN(CCc3ccccc3)CC2)C(C)C1.[Co]. The average Bonchev–Trinajstić information content (AvgIpc) is 2.80. The van der Waals surface area contributed by atoms with Crippen LogP contribution in [0.15, 0.2) is 53.8 Å². The van der Waals surface area contributed by atoms with Crippen LogP contribution in [-0.2, 0) is 28.0 Å². The van der Waals surface area contributed by atoms with Crippen LogP contribution >= 0.6 is 0 Å². The molecule has 1 atom stereocenters. The summed E-state index contributed by atoms with van der Waals surface area (Å²) in [5, 5.41) is 0. The molecule has 0 spiro atoms. The Morgan fingerprint density at radius 1 is 1.09 bits per heavy atom. The Morgan fingerprint density at radius 2 is 1.81 bits per heavy atom. The number of rotatable bonds is 10. The Labute approximate surface area is 206 Å². The molecule has 1 amide bonds. The zero-order chi connectivity index (χ0) is 22.1. The van der Waals surface area contributed by atoms with Crippen LogP contribution in [-0.4, -0.2) is 41.4 Å². The van der Waals surface area contributed by atoms with Crippen LogP contribution < -0.4 is 0 Å². The number of nitrogens with zero attached hydrogens (tertiary/aromatic N) is 2. The molecule has 0 bridgehead atoms. The molecule has 0 aromatic heterocycles. The summed E-state index contributed by atoms with van der Waals surface area (Å²) in [5.74, 6) is 0.709. The third-order valence-corrected chi connectivity index (χ3v) is 6.89. The van der Waals surface area contributed by atoms with Crippen LogP contribution in [0.4, 0.5) is 0 Å². The van der Waals surface area contributed by atoms with Crippen LogP contribution in [0.25, 0.3) is 0 Å². The number of benzene rings is 1. The average molecular weight is 481 g/mol. The van der Waals surface area contributed by atoms with Gasteiger partial charge in [0.05, 0.1) is 0 Å². The molecular weight excluding hydrogens is 439 g/mol. The van der Waals surface area contributed by atoms with Gasteiger partial charge in [-0.1, -0.05) is 68.7 Å². The van der Waals surface area contributed by atoms with Gasteiger partial charge in [0, 0.05) is 60.5 Å². The van der Waals surface area contributed by atoms with Gasteiger partial charge in [-0.25, -0.2) is 0 Å². The third-order valence-electron chi connectivity index (χ3n) is 6.89. The van der Waals surface area contributed by atoms with Crippen molar-refractivity contribution in [2.24, 2.45) is 5.92 Å². The van der Waals surface area contributed by atoms with Gasteiger partial charge in [0.15, 0.2) is 0 Å². The summed E-state index contributed by atoms with van der Waals surface area (Å²) in [6.45, 7) is 11.5. The molecule has 32 heavy (non-hydrogen) atoms. The molecule has 1 unspecified atom stereocenters. The number of allylic oxidation sites excluding steroid dienone is 4. The van der Waals surface area contributed by atoms with Gasteiger partial charge in [0.25, 0.3) is 0 Å². The summed E-state index contributed by atoms with van der Waals surface area (Å²) in [5.41, 5.74) is 4.19. The maximum Gasteiger partial charge on any atom is 0.226 e. The van der Waals surface area contributed by atoms with Crippen molar-refractivity contribution in [3.05, 3.63) is 66.2 Å². The third kappa shape index (κ3) is 7.60. The number of amides is 1. The van der Waals surface area contributed by atoms with Crippen molar-refractivity contribution in [2.45, 2.75) is 77.7 Å². The van der Waals surface area contributed by atoms with Crippen molar-refractivity contribution in [2.75, 3.05) is 19.6 Å². The van der Waals surface area contributed by atoms with E-state index in [-0.39, 0.29) is 22.7 Å². The summed E-state index contributed by atoms with van der Waals surface area (Å²) in [7, 11) is 0.